The van der Waals surface area contributed by atoms with Gasteiger partial charge in [-0.1, -0.05) is 17.4 Å². The predicted molar refractivity (Wildman–Crippen MR) is 117 cm³/mol. The van der Waals surface area contributed by atoms with Crippen LogP contribution in [0.25, 0.3) is 10.2 Å². The van der Waals surface area contributed by atoms with Crippen LogP contribution in [-0.4, -0.2) is 36.2 Å². The number of thiazole rings is 1. The normalized spacial score (nSPS) is 11.4. The molecule has 0 saturated heterocycles. The number of benzene rings is 2. The van der Waals surface area contributed by atoms with Gasteiger partial charge in [-0.15, -0.1) is 6.58 Å². The number of hydrogen-bond donors (Lipinski definition) is 0. The third kappa shape index (κ3) is 4.43. The second-order valence-electron chi connectivity index (χ2n) is 6.24. The average Bonchev–Trinajstić information content (AvgIpc) is 3.09. The van der Waals surface area contributed by atoms with Crippen molar-refractivity contribution in [3.05, 3.63) is 63.5 Å². The molecule has 0 N–H and O–H groups in total. The highest BCUT2D eigenvalue weighted by molar-refractivity contribution is 7.16. The fourth-order valence-corrected chi connectivity index (χ4v) is 4.10. The lowest BCUT2D eigenvalue weighted by Crippen LogP contribution is -2.16. The molecule has 0 radical (unpaired) electrons. The van der Waals surface area contributed by atoms with Gasteiger partial charge in [-0.2, -0.15) is 4.99 Å². The molecular weight excluding hydrogens is 422 g/mol. The summed E-state index contributed by atoms with van der Waals surface area (Å²) < 4.78 is 18.5. The molecule has 1 amide bonds. The zero-order chi connectivity index (χ0) is 22.5. The molecule has 9 nitrogen and oxygen atoms in total. The first-order chi connectivity index (χ1) is 14.9. The molecule has 0 atom stereocenters. The van der Waals surface area contributed by atoms with Crippen LogP contribution in [0.1, 0.15) is 17.3 Å². The van der Waals surface area contributed by atoms with Gasteiger partial charge in [-0.05, 0) is 25.1 Å². The maximum absolute atomic E-state index is 13.0. The smallest absolute Gasteiger partial charge is 0.286 e. The topological polar surface area (TPSA) is 105 Å². The molecule has 2 aromatic carbocycles. The average molecular weight is 443 g/mol. The summed E-state index contributed by atoms with van der Waals surface area (Å²) >= 11 is 1.28. The van der Waals surface area contributed by atoms with Crippen molar-refractivity contribution < 1.29 is 23.9 Å². The molecule has 0 saturated carbocycles. The zero-order valence-electron chi connectivity index (χ0n) is 17.3. The van der Waals surface area contributed by atoms with Crippen LogP contribution in [0, 0.1) is 10.1 Å². The summed E-state index contributed by atoms with van der Waals surface area (Å²) in [5.41, 5.74) is 0.239. The number of rotatable bonds is 8. The summed E-state index contributed by atoms with van der Waals surface area (Å²) in [7, 11) is 2.74. The standard InChI is InChI=1S/C21H21N3O6S/c1-5-9-23-15-8-7-13(30-6-2)10-19(15)31-21(23)22-20(25)14-11-17(28-3)18(29-4)12-16(14)24(26)27/h5,7-8,10-12H,1,6,9H2,2-4H3. The first-order valence-corrected chi connectivity index (χ1v) is 10.1. The van der Waals surface area contributed by atoms with Crippen molar-refractivity contribution in [3.8, 4) is 17.2 Å². The number of carbonyl (C=O) groups excluding carboxylic acids is 1. The van der Waals surface area contributed by atoms with Crippen LogP contribution in [0.2, 0.25) is 0 Å². The summed E-state index contributed by atoms with van der Waals surface area (Å²) in [5, 5.41) is 11.5. The number of fused-ring (bicyclic) bond motifs is 1. The number of methoxy groups -OCH3 is 2. The summed E-state index contributed by atoms with van der Waals surface area (Å²) in [5.74, 6) is 0.290. The van der Waals surface area contributed by atoms with E-state index >= 15 is 0 Å². The van der Waals surface area contributed by atoms with Gasteiger partial charge in [-0.3, -0.25) is 14.9 Å². The van der Waals surface area contributed by atoms with Crippen molar-refractivity contribution in [2.45, 2.75) is 13.5 Å². The van der Waals surface area contributed by atoms with Crippen LogP contribution >= 0.6 is 11.3 Å². The summed E-state index contributed by atoms with van der Waals surface area (Å²) in [6.45, 7) is 6.60. The first-order valence-electron chi connectivity index (χ1n) is 9.30. The third-order valence-corrected chi connectivity index (χ3v) is 5.44. The monoisotopic (exact) mass is 443 g/mol. The number of hydrogen-bond acceptors (Lipinski definition) is 7. The van der Waals surface area contributed by atoms with Gasteiger partial charge in [0.1, 0.15) is 11.3 Å². The van der Waals surface area contributed by atoms with Crippen LogP contribution < -0.4 is 19.0 Å². The van der Waals surface area contributed by atoms with E-state index < -0.39 is 16.5 Å². The molecule has 3 rings (SSSR count). The highest BCUT2D eigenvalue weighted by Crippen LogP contribution is 2.35. The van der Waals surface area contributed by atoms with Crippen LogP contribution in [0.3, 0.4) is 0 Å². The van der Waals surface area contributed by atoms with Crippen LogP contribution in [0.4, 0.5) is 5.69 Å². The second-order valence-corrected chi connectivity index (χ2v) is 7.25. The molecule has 0 aliphatic rings. The number of ether oxygens (including phenoxy) is 3. The second kappa shape index (κ2) is 9.43. The molecule has 0 aliphatic heterocycles. The number of nitrogens with zero attached hydrogens (tertiary/aromatic N) is 3. The molecule has 0 aliphatic carbocycles. The van der Waals surface area contributed by atoms with Crippen molar-refractivity contribution in [2.24, 2.45) is 4.99 Å². The lowest BCUT2D eigenvalue weighted by molar-refractivity contribution is -0.385. The number of allylic oxidation sites excluding steroid dienone is 1. The van der Waals surface area contributed by atoms with Crippen LogP contribution in [0.15, 0.2) is 48.0 Å². The predicted octanol–water partition coefficient (Wildman–Crippen LogP) is 3.95. The lowest BCUT2D eigenvalue weighted by atomic mass is 10.1. The number of nitro benzene ring substituents is 1. The Balaban J connectivity index is 2.19. The zero-order valence-corrected chi connectivity index (χ0v) is 18.1. The van der Waals surface area contributed by atoms with Gasteiger partial charge in [0.05, 0.1) is 42.0 Å². The Morgan fingerprint density at radius 3 is 2.58 bits per heavy atom. The molecule has 0 unspecified atom stereocenters. The fraction of sp³-hybridized carbons (Fsp3) is 0.238. The van der Waals surface area contributed by atoms with Gasteiger partial charge in [0, 0.05) is 12.6 Å². The van der Waals surface area contributed by atoms with Gasteiger partial charge in [0.2, 0.25) is 0 Å². The molecule has 10 heteroatoms. The van der Waals surface area contributed by atoms with E-state index in [0.717, 1.165) is 16.3 Å². The Morgan fingerprint density at radius 1 is 1.26 bits per heavy atom. The first kappa shape index (κ1) is 22.0. The molecular formula is C21H21N3O6S. The van der Waals surface area contributed by atoms with Crippen LogP contribution in [0.5, 0.6) is 17.2 Å². The van der Waals surface area contributed by atoms with Gasteiger partial charge in [0.15, 0.2) is 16.3 Å². The number of nitro groups is 1. The van der Waals surface area contributed by atoms with Crippen molar-refractivity contribution in [1.82, 2.24) is 4.57 Å². The fourth-order valence-electron chi connectivity index (χ4n) is 3.04. The summed E-state index contributed by atoms with van der Waals surface area (Å²) in [6, 6.07) is 8.00. The minimum Gasteiger partial charge on any atom is -0.494 e. The molecule has 0 spiro atoms. The Morgan fingerprint density at radius 2 is 1.97 bits per heavy atom. The Kier molecular flexibility index (Phi) is 6.71. The molecule has 0 fully saturated rings. The molecule has 31 heavy (non-hydrogen) atoms. The Bertz CT molecular complexity index is 1230. The highest BCUT2D eigenvalue weighted by atomic mass is 32.1. The van der Waals surface area contributed by atoms with E-state index in [0.29, 0.717) is 23.7 Å². The molecule has 1 aromatic heterocycles. The highest BCUT2D eigenvalue weighted by Gasteiger charge is 2.24. The van der Waals surface area contributed by atoms with Crippen molar-refractivity contribution in [2.75, 3.05) is 20.8 Å². The maximum Gasteiger partial charge on any atom is 0.286 e. The molecule has 3 aromatic rings. The molecule has 1 heterocycles. The van der Waals surface area contributed by atoms with Gasteiger partial charge in [0.25, 0.3) is 11.6 Å². The largest absolute Gasteiger partial charge is 0.494 e. The molecule has 162 valence electrons. The summed E-state index contributed by atoms with van der Waals surface area (Å²) in [4.78, 5) is 28.5. The SMILES string of the molecule is C=CCn1c(=NC(=O)c2cc(OC)c(OC)cc2[N+](=O)[O-])sc2cc(OCC)ccc21. The van der Waals surface area contributed by atoms with E-state index in [9.17, 15) is 14.9 Å². The summed E-state index contributed by atoms with van der Waals surface area (Å²) in [6.07, 6.45) is 1.69. The number of aromatic nitrogens is 1. The van der Waals surface area contributed by atoms with E-state index in [4.69, 9.17) is 14.2 Å². The lowest BCUT2D eigenvalue weighted by Gasteiger charge is -2.08. The van der Waals surface area contributed by atoms with E-state index in [-0.39, 0.29) is 17.1 Å². The van der Waals surface area contributed by atoms with Gasteiger partial charge in [-0.25, -0.2) is 0 Å². The minimum absolute atomic E-state index is 0.151. The van der Waals surface area contributed by atoms with Crippen molar-refractivity contribution in [3.63, 3.8) is 0 Å². The quantitative estimate of drug-likeness (QED) is 0.296. The van der Waals surface area contributed by atoms with Crippen LogP contribution in [-0.2, 0) is 6.54 Å². The van der Waals surface area contributed by atoms with Crippen molar-refractivity contribution >= 4 is 33.1 Å². The number of carbonyl (C=O) groups is 1. The Hall–Kier alpha value is -3.66. The molecule has 0 bridgehead atoms. The maximum atomic E-state index is 13.0. The van der Waals surface area contributed by atoms with E-state index in [1.807, 2.05) is 29.7 Å². The Labute approximate surface area is 182 Å². The van der Waals surface area contributed by atoms with Crippen molar-refractivity contribution in [1.29, 1.82) is 0 Å². The van der Waals surface area contributed by atoms with E-state index in [1.165, 1.54) is 31.6 Å². The van der Waals surface area contributed by atoms with Gasteiger partial charge >= 0.3 is 0 Å². The van der Waals surface area contributed by atoms with E-state index in [1.54, 1.807) is 6.08 Å². The third-order valence-electron chi connectivity index (χ3n) is 4.40. The van der Waals surface area contributed by atoms with E-state index in [2.05, 4.69) is 11.6 Å². The minimum atomic E-state index is -0.762. The number of amides is 1. The van der Waals surface area contributed by atoms with Gasteiger partial charge < -0.3 is 18.8 Å².